The lowest BCUT2D eigenvalue weighted by atomic mass is 10.1. The first-order valence-corrected chi connectivity index (χ1v) is 6.71. The van der Waals surface area contributed by atoms with Gasteiger partial charge in [0.05, 0.1) is 6.54 Å². The van der Waals surface area contributed by atoms with Crippen LogP contribution in [0.15, 0.2) is 30.6 Å². The maximum absolute atomic E-state index is 12.1. The Bertz CT molecular complexity index is 565. The minimum absolute atomic E-state index is 0.136. The van der Waals surface area contributed by atoms with Crippen LogP contribution in [0.4, 0.5) is 5.82 Å². The molecule has 106 valence electrons. The zero-order valence-electron chi connectivity index (χ0n) is 11.5. The minimum atomic E-state index is -0.136. The summed E-state index contributed by atoms with van der Waals surface area (Å²) in [7, 11) is 0. The molecule has 0 unspecified atom stereocenters. The van der Waals surface area contributed by atoms with Crippen molar-refractivity contribution in [2.75, 3.05) is 12.3 Å². The summed E-state index contributed by atoms with van der Waals surface area (Å²) >= 11 is 0. The summed E-state index contributed by atoms with van der Waals surface area (Å²) in [6.45, 7) is 3.22. The Morgan fingerprint density at radius 2 is 2.30 bits per heavy atom. The van der Waals surface area contributed by atoms with Crippen molar-refractivity contribution in [1.82, 2.24) is 20.1 Å². The molecule has 2 aromatic rings. The van der Waals surface area contributed by atoms with Crippen molar-refractivity contribution in [3.63, 3.8) is 0 Å². The van der Waals surface area contributed by atoms with Crippen molar-refractivity contribution in [3.05, 3.63) is 41.9 Å². The van der Waals surface area contributed by atoms with E-state index in [9.17, 15) is 4.79 Å². The molecular formula is C14H19N5O. The number of hydrogen-bond donors (Lipinski definition) is 2. The van der Waals surface area contributed by atoms with Crippen LogP contribution >= 0.6 is 0 Å². The number of nitrogen functional groups attached to an aromatic ring is 1. The first-order chi connectivity index (χ1) is 9.69. The number of carbonyl (C=O) groups excluding carboxylic acids is 1. The molecule has 0 bridgehead atoms. The van der Waals surface area contributed by atoms with E-state index in [1.807, 2.05) is 12.3 Å². The van der Waals surface area contributed by atoms with E-state index in [0.717, 1.165) is 18.5 Å². The molecule has 1 amide bonds. The van der Waals surface area contributed by atoms with Crippen LogP contribution in [0.5, 0.6) is 0 Å². The van der Waals surface area contributed by atoms with Crippen LogP contribution in [-0.4, -0.2) is 27.2 Å². The lowest BCUT2D eigenvalue weighted by Gasteiger charge is -2.08. The fourth-order valence-corrected chi connectivity index (χ4v) is 1.94. The molecule has 0 saturated carbocycles. The van der Waals surface area contributed by atoms with Gasteiger partial charge >= 0.3 is 0 Å². The Morgan fingerprint density at radius 3 is 3.00 bits per heavy atom. The summed E-state index contributed by atoms with van der Waals surface area (Å²) in [5.74, 6) is 0.247. The average molecular weight is 273 g/mol. The number of pyridine rings is 1. The first kappa shape index (κ1) is 14.0. The van der Waals surface area contributed by atoms with Gasteiger partial charge in [0.25, 0.3) is 5.91 Å². The van der Waals surface area contributed by atoms with Crippen molar-refractivity contribution in [2.45, 2.75) is 26.3 Å². The van der Waals surface area contributed by atoms with Crippen molar-refractivity contribution in [1.29, 1.82) is 0 Å². The second kappa shape index (κ2) is 6.70. The third-order valence-electron chi connectivity index (χ3n) is 2.85. The Kier molecular flexibility index (Phi) is 4.70. The van der Waals surface area contributed by atoms with E-state index in [-0.39, 0.29) is 5.91 Å². The van der Waals surface area contributed by atoms with Gasteiger partial charge in [0.15, 0.2) is 0 Å². The number of nitrogens with zero attached hydrogens (tertiary/aromatic N) is 3. The third kappa shape index (κ3) is 3.81. The molecule has 0 saturated heterocycles. The number of nitrogens with two attached hydrogens (primary N) is 1. The van der Waals surface area contributed by atoms with Gasteiger partial charge in [0, 0.05) is 30.2 Å². The Morgan fingerprint density at radius 1 is 1.45 bits per heavy atom. The van der Waals surface area contributed by atoms with E-state index >= 15 is 0 Å². The largest absolute Gasteiger partial charge is 0.384 e. The summed E-state index contributed by atoms with van der Waals surface area (Å²) in [5.41, 5.74) is 7.14. The molecule has 6 heteroatoms. The number of aromatic nitrogens is 3. The number of hydrogen-bond acceptors (Lipinski definition) is 4. The quantitative estimate of drug-likeness (QED) is 0.829. The molecular weight excluding hydrogens is 254 g/mol. The summed E-state index contributed by atoms with van der Waals surface area (Å²) < 4.78 is 1.77. The summed E-state index contributed by atoms with van der Waals surface area (Å²) in [4.78, 5) is 16.3. The Balaban J connectivity index is 1.94. The number of rotatable bonds is 6. The van der Waals surface area contributed by atoms with E-state index in [1.165, 1.54) is 0 Å². The minimum Gasteiger partial charge on any atom is -0.384 e. The fraction of sp³-hybridized carbons (Fsp3) is 0.357. The fourth-order valence-electron chi connectivity index (χ4n) is 1.94. The van der Waals surface area contributed by atoms with Crippen LogP contribution in [0.3, 0.4) is 0 Å². The third-order valence-corrected chi connectivity index (χ3v) is 2.85. The van der Waals surface area contributed by atoms with Crippen molar-refractivity contribution < 1.29 is 4.79 Å². The summed E-state index contributed by atoms with van der Waals surface area (Å²) in [6.07, 6.45) is 5.35. The van der Waals surface area contributed by atoms with Gasteiger partial charge in [-0.25, -0.2) is 4.98 Å². The predicted molar refractivity (Wildman–Crippen MR) is 77.2 cm³/mol. The van der Waals surface area contributed by atoms with Gasteiger partial charge in [-0.3, -0.25) is 9.48 Å². The van der Waals surface area contributed by atoms with E-state index < -0.39 is 0 Å². The molecule has 2 rings (SSSR count). The topological polar surface area (TPSA) is 85.8 Å². The van der Waals surface area contributed by atoms with Gasteiger partial charge in [-0.05, 0) is 24.6 Å². The zero-order chi connectivity index (χ0) is 14.4. The second-order valence-corrected chi connectivity index (χ2v) is 4.55. The van der Waals surface area contributed by atoms with Crippen LogP contribution in [0.2, 0.25) is 0 Å². The molecule has 2 aromatic heterocycles. The molecule has 0 fully saturated rings. The van der Waals surface area contributed by atoms with Crippen LogP contribution in [-0.2, 0) is 13.0 Å². The second-order valence-electron chi connectivity index (χ2n) is 4.55. The average Bonchev–Trinajstić information content (AvgIpc) is 2.91. The monoisotopic (exact) mass is 273 g/mol. The molecule has 0 radical (unpaired) electrons. The highest BCUT2D eigenvalue weighted by molar-refractivity contribution is 5.94. The van der Waals surface area contributed by atoms with Crippen molar-refractivity contribution >= 4 is 11.7 Å². The molecule has 20 heavy (non-hydrogen) atoms. The molecule has 0 aliphatic carbocycles. The maximum Gasteiger partial charge on any atom is 0.251 e. The molecule has 6 nitrogen and oxygen atoms in total. The molecule has 0 spiro atoms. The molecule has 0 atom stereocenters. The normalized spacial score (nSPS) is 10.4. The van der Waals surface area contributed by atoms with Crippen LogP contribution in [0, 0.1) is 0 Å². The SMILES string of the molecule is CCCc1cc(C(=O)NCCn2cccn2)cc(N)n1. The lowest BCUT2D eigenvalue weighted by Crippen LogP contribution is -2.27. The first-order valence-electron chi connectivity index (χ1n) is 6.71. The zero-order valence-corrected chi connectivity index (χ0v) is 11.5. The molecule has 0 aliphatic rings. The Labute approximate surface area is 118 Å². The standard InChI is InChI=1S/C14H19N5O/c1-2-4-12-9-11(10-13(15)18-12)14(20)16-6-8-19-7-3-5-17-19/h3,5,7,9-10H,2,4,6,8H2,1H3,(H2,15,18)(H,16,20). The van der Waals surface area contributed by atoms with Gasteiger partial charge in [-0.1, -0.05) is 13.3 Å². The lowest BCUT2D eigenvalue weighted by molar-refractivity contribution is 0.0951. The predicted octanol–water partition coefficient (Wildman–Crippen LogP) is 1.24. The van der Waals surface area contributed by atoms with Gasteiger partial charge < -0.3 is 11.1 Å². The van der Waals surface area contributed by atoms with Crippen LogP contribution < -0.4 is 11.1 Å². The van der Waals surface area contributed by atoms with Crippen molar-refractivity contribution in [3.8, 4) is 0 Å². The van der Waals surface area contributed by atoms with E-state index in [0.29, 0.717) is 24.5 Å². The smallest absolute Gasteiger partial charge is 0.251 e. The number of anilines is 1. The molecule has 3 N–H and O–H groups in total. The highest BCUT2D eigenvalue weighted by Crippen LogP contribution is 2.09. The Hall–Kier alpha value is -2.37. The number of carbonyl (C=O) groups is 1. The van der Waals surface area contributed by atoms with Gasteiger partial charge in [0.2, 0.25) is 0 Å². The number of nitrogens with one attached hydrogen (secondary N) is 1. The molecule has 0 aromatic carbocycles. The van der Waals surface area contributed by atoms with Crippen molar-refractivity contribution in [2.24, 2.45) is 0 Å². The van der Waals surface area contributed by atoms with Gasteiger partial charge in [0.1, 0.15) is 5.82 Å². The van der Waals surface area contributed by atoms with E-state index in [2.05, 4.69) is 22.3 Å². The summed E-state index contributed by atoms with van der Waals surface area (Å²) in [6, 6.07) is 5.24. The molecule has 2 heterocycles. The van der Waals surface area contributed by atoms with Gasteiger partial charge in [-0.2, -0.15) is 5.10 Å². The highest BCUT2D eigenvalue weighted by Gasteiger charge is 2.08. The number of aryl methyl sites for hydroxylation is 1. The summed E-state index contributed by atoms with van der Waals surface area (Å²) in [5, 5.41) is 6.92. The van der Waals surface area contributed by atoms with Crippen LogP contribution in [0.25, 0.3) is 0 Å². The number of amides is 1. The van der Waals surface area contributed by atoms with E-state index in [4.69, 9.17) is 5.73 Å². The molecule has 0 aliphatic heterocycles. The van der Waals surface area contributed by atoms with E-state index in [1.54, 1.807) is 23.0 Å². The van der Waals surface area contributed by atoms with Crippen LogP contribution in [0.1, 0.15) is 29.4 Å². The van der Waals surface area contributed by atoms with Gasteiger partial charge in [-0.15, -0.1) is 0 Å². The highest BCUT2D eigenvalue weighted by atomic mass is 16.1. The maximum atomic E-state index is 12.1.